The Morgan fingerprint density at radius 3 is 2.55 bits per heavy atom. The van der Waals surface area contributed by atoms with Crippen molar-refractivity contribution in [3.8, 4) is 0 Å². The molecule has 0 saturated carbocycles. The van der Waals surface area contributed by atoms with E-state index in [4.69, 9.17) is 0 Å². The number of anilines is 1. The number of rotatable bonds is 2. The van der Waals surface area contributed by atoms with E-state index in [1.54, 1.807) is 11.8 Å². The van der Waals surface area contributed by atoms with Gasteiger partial charge in [-0.25, -0.2) is 0 Å². The molecule has 1 aromatic rings. The van der Waals surface area contributed by atoms with Crippen molar-refractivity contribution in [1.29, 1.82) is 0 Å². The molecule has 0 aromatic heterocycles. The topological polar surface area (TPSA) is 49.4 Å². The molecule has 2 unspecified atom stereocenters. The van der Waals surface area contributed by atoms with Crippen molar-refractivity contribution in [1.82, 2.24) is 5.32 Å². The number of piperazine rings is 1. The van der Waals surface area contributed by atoms with Crippen molar-refractivity contribution >= 4 is 33.4 Å². The van der Waals surface area contributed by atoms with Gasteiger partial charge in [0.05, 0.1) is 0 Å². The van der Waals surface area contributed by atoms with E-state index in [0.29, 0.717) is 0 Å². The van der Waals surface area contributed by atoms with E-state index in [2.05, 4.69) is 21.2 Å². The highest BCUT2D eigenvalue weighted by atomic mass is 79.9. The number of nitrogens with one attached hydrogen (secondary N) is 1. The minimum atomic E-state index is -0.495. The van der Waals surface area contributed by atoms with Crippen LogP contribution in [0.15, 0.2) is 22.7 Å². The molecule has 4 nitrogen and oxygen atoms in total. The monoisotopic (exact) mass is 338 g/mol. The minimum absolute atomic E-state index is 0.0479. The quantitative estimate of drug-likeness (QED) is 0.901. The molecule has 20 heavy (non-hydrogen) atoms. The first kappa shape index (κ1) is 15.0. The summed E-state index contributed by atoms with van der Waals surface area (Å²) in [6.45, 7) is 7.57. The molecule has 1 heterocycles. The SMILES string of the molecule is Cc1c(Br)cccc1N1C(=O)C(C(C)C)NC(=O)C1C. The van der Waals surface area contributed by atoms with Crippen molar-refractivity contribution < 1.29 is 9.59 Å². The number of nitrogens with zero attached hydrogens (tertiary/aromatic N) is 1. The van der Waals surface area contributed by atoms with E-state index in [0.717, 1.165) is 15.7 Å². The summed E-state index contributed by atoms with van der Waals surface area (Å²) in [5.41, 5.74) is 1.75. The number of carbonyl (C=O) groups excluding carboxylic acids is 2. The van der Waals surface area contributed by atoms with Crippen LogP contribution in [0.1, 0.15) is 26.3 Å². The number of benzene rings is 1. The molecule has 1 N–H and O–H groups in total. The second-order valence-corrected chi connectivity index (χ2v) is 6.35. The molecule has 108 valence electrons. The summed E-state index contributed by atoms with van der Waals surface area (Å²) < 4.78 is 0.932. The second kappa shape index (κ2) is 5.56. The van der Waals surface area contributed by atoms with Gasteiger partial charge >= 0.3 is 0 Å². The van der Waals surface area contributed by atoms with E-state index >= 15 is 0 Å². The lowest BCUT2D eigenvalue weighted by atomic mass is 9.97. The minimum Gasteiger partial charge on any atom is -0.342 e. The molecule has 0 spiro atoms. The number of amides is 2. The maximum atomic E-state index is 12.7. The van der Waals surface area contributed by atoms with Gasteiger partial charge in [-0.15, -0.1) is 0 Å². The van der Waals surface area contributed by atoms with Gasteiger partial charge in [0.2, 0.25) is 5.91 Å². The Kier molecular flexibility index (Phi) is 4.18. The molecule has 2 atom stereocenters. The summed E-state index contributed by atoms with van der Waals surface area (Å²) in [4.78, 5) is 26.4. The van der Waals surface area contributed by atoms with Gasteiger partial charge < -0.3 is 5.32 Å². The molecule has 1 saturated heterocycles. The second-order valence-electron chi connectivity index (χ2n) is 5.50. The lowest BCUT2D eigenvalue weighted by Crippen LogP contribution is -2.64. The molecule has 1 fully saturated rings. The highest BCUT2D eigenvalue weighted by Crippen LogP contribution is 2.30. The van der Waals surface area contributed by atoms with Crippen LogP contribution in [0.2, 0.25) is 0 Å². The van der Waals surface area contributed by atoms with Crippen LogP contribution in [-0.4, -0.2) is 23.9 Å². The molecular weight excluding hydrogens is 320 g/mol. The van der Waals surface area contributed by atoms with E-state index in [-0.39, 0.29) is 17.7 Å². The summed E-state index contributed by atoms with van der Waals surface area (Å²) >= 11 is 3.47. The lowest BCUT2D eigenvalue weighted by molar-refractivity contribution is -0.134. The van der Waals surface area contributed by atoms with Gasteiger partial charge in [-0.1, -0.05) is 35.8 Å². The fourth-order valence-electron chi connectivity index (χ4n) is 2.43. The number of halogens is 1. The highest BCUT2D eigenvalue weighted by Gasteiger charge is 2.40. The molecule has 0 radical (unpaired) electrons. The molecule has 1 aliphatic heterocycles. The smallest absolute Gasteiger partial charge is 0.250 e. The normalized spacial score (nSPS) is 23.2. The molecule has 1 aromatic carbocycles. The Labute approximate surface area is 127 Å². The van der Waals surface area contributed by atoms with Crippen molar-refractivity contribution in [3.05, 3.63) is 28.2 Å². The van der Waals surface area contributed by atoms with Gasteiger partial charge in [-0.05, 0) is 37.5 Å². The van der Waals surface area contributed by atoms with E-state index in [1.165, 1.54) is 0 Å². The average molecular weight is 339 g/mol. The largest absolute Gasteiger partial charge is 0.342 e. The fraction of sp³-hybridized carbons (Fsp3) is 0.467. The standard InChI is InChI=1S/C15H19BrN2O2/c1-8(2)13-15(20)18(10(4)14(19)17-13)12-7-5-6-11(16)9(12)3/h5-8,10,13H,1-4H3,(H,17,19). The Bertz CT molecular complexity index is 557. The summed E-state index contributed by atoms with van der Waals surface area (Å²) in [7, 11) is 0. The summed E-state index contributed by atoms with van der Waals surface area (Å²) in [6, 6.07) is 4.73. The molecule has 2 rings (SSSR count). The highest BCUT2D eigenvalue weighted by molar-refractivity contribution is 9.10. The van der Waals surface area contributed by atoms with Crippen molar-refractivity contribution in [2.24, 2.45) is 5.92 Å². The first-order chi connectivity index (χ1) is 9.34. The van der Waals surface area contributed by atoms with E-state index in [1.807, 2.05) is 39.0 Å². The first-order valence-corrected chi connectivity index (χ1v) is 7.52. The zero-order valence-electron chi connectivity index (χ0n) is 12.1. The van der Waals surface area contributed by atoms with E-state index in [9.17, 15) is 9.59 Å². The van der Waals surface area contributed by atoms with Gasteiger partial charge in [-0.2, -0.15) is 0 Å². The van der Waals surface area contributed by atoms with Crippen molar-refractivity contribution in [2.45, 2.75) is 39.8 Å². The van der Waals surface area contributed by atoms with Crippen LogP contribution >= 0.6 is 15.9 Å². The van der Waals surface area contributed by atoms with Gasteiger partial charge in [0.1, 0.15) is 12.1 Å². The van der Waals surface area contributed by atoms with Gasteiger partial charge in [0.15, 0.2) is 0 Å². The number of hydrogen-bond acceptors (Lipinski definition) is 2. The third-order valence-corrected chi connectivity index (χ3v) is 4.59. The van der Waals surface area contributed by atoms with Gasteiger partial charge in [-0.3, -0.25) is 14.5 Å². The Hall–Kier alpha value is -1.36. The zero-order chi connectivity index (χ0) is 15.0. The predicted octanol–water partition coefficient (Wildman–Crippen LogP) is 2.63. The Morgan fingerprint density at radius 2 is 1.95 bits per heavy atom. The summed E-state index contributed by atoms with van der Waals surface area (Å²) in [6.07, 6.45) is 0. The molecule has 2 amide bonds. The fourth-order valence-corrected chi connectivity index (χ4v) is 2.79. The average Bonchev–Trinajstić information content (AvgIpc) is 2.38. The van der Waals surface area contributed by atoms with Crippen LogP contribution in [0.3, 0.4) is 0 Å². The third-order valence-electron chi connectivity index (χ3n) is 3.73. The van der Waals surface area contributed by atoms with E-state index < -0.39 is 12.1 Å². The summed E-state index contributed by atoms with van der Waals surface area (Å²) in [5, 5.41) is 2.81. The number of hydrogen-bond donors (Lipinski definition) is 1. The Balaban J connectivity index is 2.49. The Morgan fingerprint density at radius 1 is 1.30 bits per heavy atom. The summed E-state index contributed by atoms with van der Waals surface area (Å²) in [5.74, 6) is -0.0927. The van der Waals surface area contributed by atoms with Crippen LogP contribution in [0.5, 0.6) is 0 Å². The lowest BCUT2D eigenvalue weighted by Gasteiger charge is -2.39. The molecular formula is C15H19BrN2O2. The molecule has 1 aliphatic rings. The van der Waals surface area contributed by atoms with Crippen LogP contribution in [-0.2, 0) is 9.59 Å². The van der Waals surface area contributed by atoms with Crippen LogP contribution in [0, 0.1) is 12.8 Å². The van der Waals surface area contributed by atoms with Crippen LogP contribution in [0.4, 0.5) is 5.69 Å². The predicted molar refractivity (Wildman–Crippen MR) is 82.6 cm³/mol. The molecule has 0 aliphatic carbocycles. The van der Waals surface area contributed by atoms with Crippen molar-refractivity contribution in [2.75, 3.05) is 4.90 Å². The number of carbonyl (C=O) groups is 2. The maximum Gasteiger partial charge on any atom is 0.250 e. The van der Waals surface area contributed by atoms with Crippen molar-refractivity contribution in [3.63, 3.8) is 0 Å². The molecule has 5 heteroatoms. The van der Waals surface area contributed by atoms with Crippen LogP contribution < -0.4 is 10.2 Å². The van der Waals surface area contributed by atoms with Crippen LogP contribution in [0.25, 0.3) is 0 Å². The van der Waals surface area contributed by atoms with Gasteiger partial charge in [0.25, 0.3) is 5.91 Å². The molecule has 0 bridgehead atoms. The zero-order valence-corrected chi connectivity index (χ0v) is 13.7. The maximum absolute atomic E-state index is 12.7. The third kappa shape index (κ3) is 2.46. The van der Waals surface area contributed by atoms with Gasteiger partial charge in [0, 0.05) is 10.2 Å². The first-order valence-electron chi connectivity index (χ1n) is 6.73.